The zero-order valence-corrected chi connectivity index (χ0v) is 59.8. The van der Waals surface area contributed by atoms with Gasteiger partial charge in [-0.3, -0.25) is 52.7 Å². The Morgan fingerprint density at radius 1 is 0.585 bits per heavy atom. The van der Waals surface area contributed by atoms with E-state index in [-0.39, 0.29) is 61.5 Å². The number of rotatable bonds is 14. The Morgan fingerprint density at radius 3 is 1.56 bits per heavy atom. The van der Waals surface area contributed by atoms with Crippen LogP contribution in [-0.2, 0) is 70.3 Å². The van der Waals surface area contributed by atoms with Crippen molar-refractivity contribution in [2.75, 3.05) is 87.1 Å². The van der Waals surface area contributed by atoms with Crippen LogP contribution in [-0.4, -0.2) is 262 Å². The lowest BCUT2D eigenvalue weighted by atomic mass is 9.95. The number of piperidine rings is 1. The molecule has 2 aliphatic rings. The van der Waals surface area contributed by atoms with Crippen LogP contribution >= 0.6 is 11.8 Å². The van der Waals surface area contributed by atoms with Crippen LogP contribution in [0.15, 0.2) is 60.7 Å². The van der Waals surface area contributed by atoms with Crippen molar-refractivity contribution < 1.29 is 62.6 Å². The minimum absolute atomic E-state index is 0.0199. The highest BCUT2D eigenvalue weighted by Gasteiger charge is 2.43. The maximum atomic E-state index is 15.2. The van der Waals surface area contributed by atoms with E-state index in [0.717, 1.165) is 35.9 Å². The molecule has 94 heavy (non-hydrogen) atoms. The van der Waals surface area contributed by atoms with Crippen molar-refractivity contribution >= 4 is 76.7 Å². The van der Waals surface area contributed by atoms with Gasteiger partial charge in [-0.1, -0.05) is 109 Å². The molecular weight excluding hydrogens is 1220 g/mol. The lowest BCUT2D eigenvalue weighted by Crippen LogP contribution is -2.62. The standard InChI is InChI=1S/C69H109N11O13S/c1-19-45(6)59-62(86)71-51(65(89)80-33-27-22-28-34-80)41-94-42-57(83)76(15)54(37-48-29-23-20-24-30-48)66(90)74(13)46(7)63(87)78(17)55(38-49-31-25-21-26-32-49)67(91)77(16)53(36-44(4)5)61(85)72-58(47(8)81)68(92)73(12)39-56(82)75(14)52(35-43(2)3)60(84)70-50(64(88)79(59)18)40-93-69(9,10)11/h20-21,23-26,29-32,43-47,50-55,58-59,81H,19,22,27-28,33-42H2,1-18H3,(H,70,84)(H,71,86)(H,72,85)/t45-,46-,47+,50-,51-,52-,53-,54-,55-,58-,59-/m0/s1. The van der Waals surface area contributed by atoms with Gasteiger partial charge >= 0.3 is 0 Å². The number of nitrogens with zero attached hydrogens (tertiary/aromatic N) is 8. The Balaban J connectivity index is 1.92. The molecule has 4 N–H and O–H groups in total. The van der Waals surface area contributed by atoms with Gasteiger partial charge in [-0.25, -0.2) is 0 Å². The molecule has 524 valence electrons. The molecule has 0 unspecified atom stereocenters. The topological polar surface area (TPSA) is 279 Å². The number of hydrogen-bond donors (Lipinski definition) is 4. The molecule has 2 saturated heterocycles. The summed E-state index contributed by atoms with van der Waals surface area (Å²) in [6, 6.07) is 6.41. The third-order valence-electron chi connectivity index (χ3n) is 17.8. The number of hydrogen-bond acceptors (Lipinski definition) is 14. The van der Waals surface area contributed by atoms with Gasteiger partial charge in [0, 0.05) is 81.0 Å². The number of likely N-dealkylation sites (N-methyl/N-ethyl adjacent to an activating group) is 7. The predicted molar refractivity (Wildman–Crippen MR) is 362 cm³/mol. The molecule has 0 aliphatic carbocycles. The highest BCUT2D eigenvalue weighted by molar-refractivity contribution is 8.00. The van der Waals surface area contributed by atoms with E-state index >= 15 is 19.2 Å². The number of nitrogens with one attached hydrogen (secondary N) is 3. The monoisotopic (exact) mass is 1330 g/mol. The number of aliphatic hydroxyl groups excluding tert-OH is 1. The van der Waals surface area contributed by atoms with E-state index in [9.17, 15) is 38.7 Å². The number of amides is 11. The second kappa shape index (κ2) is 36.7. The highest BCUT2D eigenvalue weighted by Crippen LogP contribution is 2.24. The molecule has 0 radical (unpaired) electrons. The average molecular weight is 1330 g/mol. The number of likely N-dealkylation sites (tertiary alicyclic amines) is 1. The zero-order valence-electron chi connectivity index (χ0n) is 59.0. The summed E-state index contributed by atoms with van der Waals surface area (Å²) >= 11 is 1.08. The van der Waals surface area contributed by atoms with Crippen LogP contribution < -0.4 is 16.0 Å². The van der Waals surface area contributed by atoms with Gasteiger partial charge in [0.1, 0.15) is 54.4 Å². The molecule has 25 heteroatoms. The molecule has 11 atom stereocenters. The molecule has 2 heterocycles. The zero-order chi connectivity index (χ0) is 70.6. The molecule has 0 bridgehead atoms. The summed E-state index contributed by atoms with van der Waals surface area (Å²) in [6.45, 7) is 19.1. The second-order valence-corrected chi connectivity index (χ2v) is 28.4. The van der Waals surface area contributed by atoms with Crippen LogP contribution in [0.3, 0.4) is 0 Å². The van der Waals surface area contributed by atoms with E-state index < -0.39 is 138 Å². The van der Waals surface area contributed by atoms with E-state index in [1.54, 1.807) is 75.1 Å². The molecule has 24 nitrogen and oxygen atoms in total. The number of ether oxygens (including phenoxy) is 1. The molecule has 0 spiro atoms. The van der Waals surface area contributed by atoms with Crippen molar-refractivity contribution in [2.24, 2.45) is 17.8 Å². The van der Waals surface area contributed by atoms with Gasteiger partial charge in [0.2, 0.25) is 65.0 Å². The highest BCUT2D eigenvalue weighted by atomic mass is 32.2. The Hall–Kier alpha value is -7.12. The Morgan fingerprint density at radius 2 is 1.06 bits per heavy atom. The molecule has 2 aromatic rings. The van der Waals surface area contributed by atoms with Crippen LogP contribution in [0.2, 0.25) is 0 Å². The second-order valence-electron chi connectivity index (χ2n) is 27.4. The largest absolute Gasteiger partial charge is 0.391 e. The molecular formula is C69H109N11O13S. The first-order valence-electron chi connectivity index (χ1n) is 33.0. The Bertz CT molecular complexity index is 2890. The Labute approximate surface area is 562 Å². The van der Waals surface area contributed by atoms with Crippen molar-refractivity contribution in [2.45, 2.75) is 194 Å². The van der Waals surface area contributed by atoms with Crippen LogP contribution in [0.5, 0.6) is 0 Å². The minimum atomic E-state index is -1.65. The van der Waals surface area contributed by atoms with E-state index in [0.29, 0.717) is 30.6 Å². The molecule has 11 amide bonds. The summed E-state index contributed by atoms with van der Waals surface area (Å²) in [5, 5.41) is 19.7. The Kier molecular flexibility index (Phi) is 31.0. The van der Waals surface area contributed by atoms with Gasteiger partial charge in [0.05, 0.1) is 30.6 Å². The lowest BCUT2D eigenvalue weighted by Gasteiger charge is -2.38. The minimum Gasteiger partial charge on any atom is -0.391 e. The molecule has 0 aromatic heterocycles. The smallest absolute Gasteiger partial charge is 0.248 e. The molecule has 4 rings (SSSR count). The van der Waals surface area contributed by atoms with Crippen LogP contribution in [0.25, 0.3) is 0 Å². The third kappa shape index (κ3) is 22.5. The van der Waals surface area contributed by atoms with Gasteiger partial charge in [0.25, 0.3) is 0 Å². The predicted octanol–water partition coefficient (Wildman–Crippen LogP) is 3.46. The first-order valence-corrected chi connectivity index (χ1v) is 34.2. The van der Waals surface area contributed by atoms with Crippen LogP contribution in [0, 0.1) is 17.8 Å². The fraction of sp³-hybridized carbons (Fsp3) is 0.667. The number of aliphatic hydroxyl groups is 1. The van der Waals surface area contributed by atoms with E-state index in [2.05, 4.69) is 16.0 Å². The lowest BCUT2D eigenvalue weighted by molar-refractivity contribution is -0.153. The molecule has 2 fully saturated rings. The number of carbonyl (C=O) groups is 11. The van der Waals surface area contributed by atoms with Gasteiger partial charge in [-0.2, -0.15) is 0 Å². The summed E-state index contributed by atoms with van der Waals surface area (Å²) in [6.07, 6.45) is 1.47. The number of benzene rings is 2. The molecule has 0 saturated carbocycles. The number of carbonyl (C=O) groups excluding carboxylic acids is 11. The average Bonchev–Trinajstić information content (AvgIpc) is 0.842. The quantitative estimate of drug-likeness (QED) is 0.211. The summed E-state index contributed by atoms with van der Waals surface area (Å²) in [5.41, 5.74) is 0.571. The first-order chi connectivity index (χ1) is 44.0. The normalized spacial score (nSPS) is 25.4. The van der Waals surface area contributed by atoms with Crippen LogP contribution in [0.1, 0.15) is 126 Å². The first kappa shape index (κ1) is 79.3. The van der Waals surface area contributed by atoms with E-state index in [1.165, 1.54) is 92.6 Å². The van der Waals surface area contributed by atoms with E-state index in [1.807, 2.05) is 52.8 Å². The third-order valence-corrected chi connectivity index (χ3v) is 18.9. The molecule has 2 aliphatic heterocycles. The van der Waals surface area contributed by atoms with Crippen molar-refractivity contribution in [3.63, 3.8) is 0 Å². The maximum Gasteiger partial charge on any atom is 0.248 e. The summed E-state index contributed by atoms with van der Waals surface area (Å²) in [5.74, 6) is -8.47. The van der Waals surface area contributed by atoms with Crippen molar-refractivity contribution in [1.82, 2.24) is 55.1 Å². The fourth-order valence-electron chi connectivity index (χ4n) is 11.6. The van der Waals surface area contributed by atoms with Crippen LogP contribution in [0.4, 0.5) is 0 Å². The van der Waals surface area contributed by atoms with Gasteiger partial charge in [-0.05, 0) is 95.6 Å². The maximum absolute atomic E-state index is 15.2. The van der Waals surface area contributed by atoms with Gasteiger partial charge in [0.15, 0.2) is 0 Å². The SMILES string of the molecule is CC[C@H](C)[C@H]1C(=O)N[C@H](C(=O)N2CCCCC2)CSCC(=O)N(C)[C@@H](Cc2ccccc2)C(=O)N(C)[C@@H](C)C(=O)N(C)[C@@H](Cc2ccccc2)C(=O)N(C)[C@@H](CC(C)C)C(=O)N[C@@H]([C@@H](C)O)C(=O)N(C)CC(=O)N(C)[C@@H](CC(C)C)C(=O)N[C@@H](COC(C)(C)C)C(=O)N1C. The summed E-state index contributed by atoms with van der Waals surface area (Å²) < 4.78 is 6.15. The van der Waals surface area contributed by atoms with Gasteiger partial charge in [-0.15, -0.1) is 11.8 Å². The fourth-order valence-corrected chi connectivity index (χ4v) is 12.6. The van der Waals surface area contributed by atoms with Crippen molar-refractivity contribution in [3.05, 3.63) is 71.8 Å². The summed E-state index contributed by atoms with van der Waals surface area (Å²) in [7, 11) is 9.93. The van der Waals surface area contributed by atoms with Gasteiger partial charge < -0.3 is 65.0 Å². The summed E-state index contributed by atoms with van der Waals surface area (Å²) in [4.78, 5) is 173. The number of thioether (sulfide) groups is 1. The van der Waals surface area contributed by atoms with E-state index in [4.69, 9.17) is 4.74 Å². The van der Waals surface area contributed by atoms with Crippen molar-refractivity contribution in [3.8, 4) is 0 Å². The molecule has 2 aromatic carbocycles. The van der Waals surface area contributed by atoms with Crippen molar-refractivity contribution in [1.29, 1.82) is 0 Å².